The van der Waals surface area contributed by atoms with Crippen molar-refractivity contribution in [1.29, 1.82) is 0 Å². The van der Waals surface area contributed by atoms with Gasteiger partial charge in [0.25, 0.3) is 0 Å². The molecule has 6 heteroatoms. The number of amides is 1. The number of carbonyl (C=O) groups excluding carboxylic acids is 2. The summed E-state index contributed by atoms with van der Waals surface area (Å²) in [6.07, 6.45) is 0. The summed E-state index contributed by atoms with van der Waals surface area (Å²) in [5.74, 6) is -3.72. The smallest absolute Gasteiger partial charge is 0.326 e. The molecule has 1 atom stereocenters. The van der Waals surface area contributed by atoms with Gasteiger partial charge in [-0.05, 0) is 19.1 Å². The largest absolute Gasteiger partial charge is 0.557 e. The second-order valence-electron chi connectivity index (χ2n) is 3.28. The molecule has 0 saturated heterocycles. The number of para-hydroxylation sites is 1. The maximum absolute atomic E-state index is 12.4. The minimum Gasteiger partial charge on any atom is -0.326 e. The lowest BCUT2D eigenvalue weighted by Gasteiger charge is -2.10. The normalized spacial score (nSPS) is 11.7. The summed E-state index contributed by atoms with van der Waals surface area (Å²) in [6, 6.07) is 8.15. The number of benzene rings is 1. The Bertz CT molecular complexity index is 384. The van der Waals surface area contributed by atoms with Gasteiger partial charge in [-0.25, -0.2) is 0 Å². The van der Waals surface area contributed by atoms with Gasteiger partial charge in [-0.2, -0.15) is 0 Å². The summed E-state index contributed by atoms with van der Waals surface area (Å²) in [4.78, 5) is 22.3. The molecular formula is C10H10BF2NO2. The zero-order chi connectivity index (χ0) is 12.1. The molecule has 1 rings (SSSR count). The predicted molar refractivity (Wildman–Crippen MR) is 57.5 cm³/mol. The second kappa shape index (κ2) is 5.39. The Labute approximate surface area is 92.0 Å². The van der Waals surface area contributed by atoms with Crippen LogP contribution in [0.2, 0.25) is 5.82 Å². The molecule has 0 bridgehead atoms. The van der Waals surface area contributed by atoms with Crippen LogP contribution in [-0.4, -0.2) is 19.0 Å². The fourth-order valence-corrected chi connectivity index (χ4v) is 1.22. The maximum Gasteiger partial charge on any atom is 0.557 e. The Morgan fingerprint density at radius 1 is 1.25 bits per heavy atom. The van der Waals surface area contributed by atoms with Crippen LogP contribution < -0.4 is 5.32 Å². The molecule has 0 radical (unpaired) electrons. The Kier molecular flexibility index (Phi) is 4.16. The molecule has 16 heavy (non-hydrogen) atoms. The van der Waals surface area contributed by atoms with Crippen LogP contribution in [0.15, 0.2) is 30.3 Å². The van der Waals surface area contributed by atoms with E-state index in [9.17, 15) is 18.2 Å². The fraction of sp³-hybridized carbons (Fsp3) is 0.200. The van der Waals surface area contributed by atoms with Crippen molar-refractivity contribution in [1.82, 2.24) is 0 Å². The third kappa shape index (κ3) is 3.15. The van der Waals surface area contributed by atoms with Crippen LogP contribution >= 0.6 is 0 Å². The molecule has 1 unspecified atom stereocenters. The first-order valence-electron chi connectivity index (χ1n) is 4.67. The van der Waals surface area contributed by atoms with Gasteiger partial charge >= 0.3 is 7.27 Å². The van der Waals surface area contributed by atoms with Gasteiger partial charge in [-0.1, -0.05) is 18.2 Å². The van der Waals surface area contributed by atoms with Crippen LogP contribution in [0, 0.1) is 0 Å². The van der Waals surface area contributed by atoms with Crippen molar-refractivity contribution in [3.8, 4) is 0 Å². The van der Waals surface area contributed by atoms with Gasteiger partial charge in [0.15, 0.2) is 0 Å². The van der Waals surface area contributed by atoms with Crippen molar-refractivity contribution >= 4 is 24.6 Å². The van der Waals surface area contributed by atoms with E-state index in [1.807, 2.05) is 0 Å². The number of ketones is 1. The average Bonchev–Trinajstić information content (AvgIpc) is 2.17. The van der Waals surface area contributed by atoms with Gasteiger partial charge in [0.1, 0.15) is 11.6 Å². The number of hydrogen-bond acceptors (Lipinski definition) is 2. The van der Waals surface area contributed by atoms with E-state index in [1.54, 1.807) is 30.3 Å². The Morgan fingerprint density at radius 2 is 1.81 bits per heavy atom. The fourth-order valence-electron chi connectivity index (χ4n) is 1.22. The standard InChI is InChI=1S/C10H10BF2NO2/c1-7(15)9(11(12)13)10(16)14-8-5-3-2-4-6-8/h2-6,9H,1H3,(H,14,16). The van der Waals surface area contributed by atoms with E-state index >= 15 is 0 Å². The van der Waals surface area contributed by atoms with Gasteiger partial charge < -0.3 is 5.32 Å². The topological polar surface area (TPSA) is 46.2 Å². The number of hydrogen-bond donors (Lipinski definition) is 1. The van der Waals surface area contributed by atoms with Crippen molar-refractivity contribution in [2.24, 2.45) is 0 Å². The van der Waals surface area contributed by atoms with E-state index in [4.69, 9.17) is 0 Å². The van der Waals surface area contributed by atoms with Gasteiger partial charge in [-0.3, -0.25) is 18.2 Å². The van der Waals surface area contributed by atoms with Crippen LogP contribution in [0.5, 0.6) is 0 Å². The van der Waals surface area contributed by atoms with Crippen molar-refractivity contribution in [3.05, 3.63) is 30.3 Å². The monoisotopic (exact) mass is 225 g/mol. The molecule has 3 nitrogen and oxygen atoms in total. The molecular weight excluding hydrogens is 215 g/mol. The van der Waals surface area contributed by atoms with E-state index in [0.717, 1.165) is 6.92 Å². The maximum atomic E-state index is 12.4. The first-order chi connectivity index (χ1) is 7.52. The highest BCUT2D eigenvalue weighted by atomic mass is 19.2. The van der Waals surface area contributed by atoms with Crippen molar-refractivity contribution in [2.75, 3.05) is 5.32 Å². The highest BCUT2D eigenvalue weighted by molar-refractivity contribution is 6.57. The minimum atomic E-state index is -2.98. The van der Waals surface area contributed by atoms with Crippen LogP contribution in [0.25, 0.3) is 0 Å². The number of anilines is 1. The summed E-state index contributed by atoms with van der Waals surface area (Å²) < 4.78 is 24.8. The third-order valence-corrected chi connectivity index (χ3v) is 2.01. The second-order valence-corrected chi connectivity index (χ2v) is 3.28. The Morgan fingerprint density at radius 3 is 2.25 bits per heavy atom. The molecule has 0 aliphatic rings. The molecule has 1 aromatic rings. The van der Waals surface area contributed by atoms with E-state index in [1.165, 1.54) is 0 Å². The van der Waals surface area contributed by atoms with E-state index in [0.29, 0.717) is 5.69 Å². The number of halogens is 2. The molecule has 0 aliphatic carbocycles. The van der Waals surface area contributed by atoms with Crippen molar-refractivity contribution < 1.29 is 18.2 Å². The molecule has 84 valence electrons. The molecule has 0 heterocycles. The lowest BCUT2D eigenvalue weighted by Crippen LogP contribution is -2.31. The first-order valence-corrected chi connectivity index (χ1v) is 4.67. The molecule has 0 aromatic heterocycles. The van der Waals surface area contributed by atoms with Gasteiger partial charge in [0.2, 0.25) is 5.91 Å². The van der Waals surface area contributed by atoms with E-state index < -0.39 is 24.8 Å². The van der Waals surface area contributed by atoms with Gasteiger partial charge in [0.05, 0.1) is 0 Å². The molecule has 0 aliphatic heterocycles. The predicted octanol–water partition coefficient (Wildman–Crippen LogP) is 2.01. The third-order valence-electron chi connectivity index (χ3n) is 2.01. The number of nitrogens with one attached hydrogen (secondary N) is 1. The number of Topliss-reactive ketones (excluding diaryl/α,β-unsaturated/α-hetero) is 1. The lowest BCUT2D eigenvalue weighted by atomic mass is 9.74. The molecule has 0 saturated carbocycles. The van der Waals surface area contributed by atoms with E-state index in [-0.39, 0.29) is 0 Å². The minimum absolute atomic E-state index is 0.388. The zero-order valence-electron chi connectivity index (χ0n) is 8.61. The molecule has 1 aromatic carbocycles. The molecule has 0 fully saturated rings. The average molecular weight is 225 g/mol. The first kappa shape index (κ1) is 12.4. The molecule has 0 spiro atoms. The zero-order valence-corrected chi connectivity index (χ0v) is 8.61. The van der Waals surface area contributed by atoms with Crippen LogP contribution in [0.4, 0.5) is 14.3 Å². The van der Waals surface area contributed by atoms with Crippen molar-refractivity contribution in [2.45, 2.75) is 12.7 Å². The van der Waals surface area contributed by atoms with Gasteiger partial charge in [-0.15, -0.1) is 0 Å². The molecule has 1 amide bonds. The summed E-state index contributed by atoms with van der Waals surface area (Å²) in [6.45, 7) is 0.974. The highest BCUT2D eigenvalue weighted by Crippen LogP contribution is 2.17. The summed E-state index contributed by atoms with van der Waals surface area (Å²) in [5, 5.41) is 2.26. The highest BCUT2D eigenvalue weighted by Gasteiger charge is 2.38. The summed E-state index contributed by atoms with van der Waals surface area (Å²) >= 11 is 0. The van der Waals surface area contributed by atoms with E-state index in [2.05, 4.69) is 5.32 Å². The van der Waals surface area contributed by atoms with Crippen LogP contribution in [0.3, 0.4) is 0 Å². The Balaban J connectivity index is 2.74. The SMILES string of the molecule is CC(=O)C(B(F)F)C(=O)Nc1ccccc1. The quantitative estimate of drug-likeness (QED) is 0.629. The van der Waals surface area contributed by atoms with Crippen LogP contribution in [0.1, 0.15) is 6.92 Å². The summed E-state index contributed by atoms with van der Waals surface area (Å²) in [5.41, 5.74) is 0.388. The lowest BCUT2D eigenvalue weighted by molar-refractivity contribution is -0.124. The van der Waals surface area contributed by atoms with Crippen molar-refractivity contribution in [3.63, 3.8) is 0 Å². The number of carbonyl (C=O) groups is 2. The van der Waals surface area contributed by atoms with Gasteiger partial charge in [0, 0.05) is 5.69 Å². The van der Waals surface area contributed by atoms with Crippen LogP contribution in [-0.2, 0) is 9.59 Å². The number of rotatable bonds is 4. The summed E-state index contributed by atoms with van der Waals surface area (Å²) in [7, 11) is -2.98. The molecule has 1 N–H and O–H groups in total. The Hall–Kier alpha value is -1.72.